The van der Waals surface area contributed by atoms with Gasteiger partial charge >= 0.3 is 17.9 Å². The quantitative estimate of drug-likeness (QED) is 0.0264. The normalized spacial score (nSPS) is 12.4. The maximum atomic E-state index is 12.7. The first kappa shape index (κ1) is 55.4. The Morgan fingerprint density at radius 2 is 0.707 bits per heavy atom. The monoisotopic (exact) mass is 813 g/mol. The van der Waals surface area contributed by atoms with Crippen molar-refractivity contribution in [2.24, 2.45) is 0 Å². The lowest BCUT2D eigenvalue weighted by atomic mass is 10.0. The second-order valence-corrected chi connectivity index (χ2v) is 16.3. The van der Waals surface area contributed by atoms with Gasteiger partial charge in [0.25, 0.3) is 0 Å². The van der Waals surface area contributed by atoms with Crippen LogP contribution >= 0.6 is 0 Å². The number of ether oxygens (including phenoxy) is 3. The number of esters is 3. The highest BCUT2D eigenvalue weighted by molar-refractivity contribution is 5.71. The number of rotatable bonds is 44. The third-order valence-electron chi connectivity index (χ3n) is 10.6. The number of unbranched alkanes of at least 4 members (excludes halogenated alkanes) is 25. The highest BCUT2D eigenvalue weighted by Crippen LogP contribution is 2.15. The molecule has 0 saturated heterocycles. The Hall–Kier alpha value is -2.63. The zero-order valence-electron chi connectivity index (χ0n) is 38.3. The van der Waals surface area contributed by atoms with Crippen molar-refractivity contribution in [3.05, 3.63) is 48.6 Å². The molecule has 0 radical (unpaired) electrons. The van der Waals surface area contributed by atoms with Crippen LogP contribution in [0.15, 0.2) is 48.6 Å². The molecule has 0 aromatic heterocycles. The van der Waals surface area contributed by atoms with E-state index in [0.717, 1.165) is 64.2 Å². The summed E-state index contributed by atoms with van der Waals surface area (Å²) in [5, 5.41) is 0. The van der Waals surface area contributed by atoms with E-state index in [1.807, 2.05) is 6.08 Å². The number of allylic oxidation sites excluding steroid dienone is 8. The van der Waals surface area contributed by atoms with Crippen molar-refractivity contribution >= 4 is 17.9 Å². The average Bonchev–Trinajstić information content (AvgIpc) is 3.22. The predicted molar refractivity (Wildman–Crippen MR) is 247 cm³/mol. The summed E-state index contributed by atoms with van der Waals surface area (Å²) in [7, 11) is 0. The van der Waals surface area contributed by atoms with Crippen LogP contribution in [0.25, 0.3) is 0 Å². The van der Waals surface area contributed by atoms with Gasteiger partial charge in [-0.2, -0.15) is 0 Å². The van der Waals surface area contributed by atoms with E-state index in [9.17, 15) is 14.4 Å². The molecule has 0 aromatic carbocycles. The molecule has 0 heterocycles. The topological polar surface area (TPSA) is 78.9 Å². The molecule has 6 heteroatoms. The van der Waals surface area contributed by atoms with Crippen LogP contribution in [-0.2, 0) is 28.6 Å². The average molecular weight is 813 g/mol. The van der Waals surface area contributed by atoms with Gasteiger partial charge in [-0.15, -0.1) is 0 Å². The number of hydrogen-bond acceptors (Lipinski definition) is 6. The fraction of sp³-hybridized carbons (Fsp3) is 0.788. The standard InChI is InChI=1S/C52H92O6/c1-4-7-10-13-16-19-21-23-24-25-26-27-29-30-33-36-39-42-45-51(54)57-48-49(47-56-50(53)44-41-38-35-32-18-15-12-9-6-3)58-52(55)46-43-40-37-34-31-28-22-20-17-14-11-8-5-2/h9,12,18,28,31-32,37,40,49H,4-8,10-11,13-17,19-27,29-30,33-36,38-39,41-48H2,1-3H3/b12-9-,31-28-,32-18-,40-37-. The number of hydrogen-bond donors (Lipinski definition) is 0. The van der Waals surface area contributed by atoms with Crippen molar-refractivity contribution in [2.45, 2.75) is 252 Å². The van der Waals surface area contributed by atoms with Crippen molar-refractivity contribution in [1.82, 2.24) is 0 Å². The molecule has 0 rings (SSSR count). The van der Waals surface area contributed by atoms with Gasteiger partial charge in [0.05, 0.1) is 0 Å². The molecule has 0 N–H and O–H groups in total. The van der Waals surface area contributed by atoms with Gasteiger partial charge in [0.2, 0.25) is 0 Å². The third kappa shape index (κ3) is 44.5. The fourth-order valence-electron chi connectivity index (χ4n) is 6.89. The molecule has 1 unspecified atom stereocenters. The molecule has 0 aliphatic carbocycles. The van der Waals surface area contributed by atoms with Gasteiger partial charge in [0.15, 0.2) is 6.10 Å². The van der Waals surface area contributed by atoms with Gasteiger partial charge in [-0.05, 0) is 64.2 Å². The highest BCUT2D eigenvalue weighted by atomic mass is 16.6. The molecule has 0 amide bonds. The van der Waals surface area contributed by atoms with Gasteiger partial charge in [-0.1, -0.05) is 211 Å². The van der Waals surface area contributed by atoms with Crippen molar-refractivity contribution in [3.63, 3.8) is 0 Å². The summed E-state index contributed by atoms with van der Waals surface area (Å²) in [6, 6.07) is 0. The van der Waals surface area contributed by atoms with E-state index in [2.05, 4.69) is 63.3 Å². The van der Waals surface area contributed by atoms with Crippen LogP contribution < -0.4 is 0 Å². The van der Waals surface area contributed by atoms with Gasteiger partial charge in [0.1, 0.15) is 13.2 Å². The lowest BCUT2D eigenvalue weighted by Gasteiger charge is -2.18. The fourth-order valence-corrected chi connectivity index (χ4v) is 6.89. The molecular weight excluding hydrogens is 721 g/mol. The Kier molecular flexibility index (Phi) is 44.9. The van der Waals surface area contributed by atoms with Crippen LogP contribution in [0.3, 0.4) is 0 Å². The molecule has 1 atom stereocenters. The number of carbonyl (C=O) groups is 3. The molecule has 0 aliphatic rings. The zero-order valence-corrected chi connectivity index (χ0v) is 38.3. The maximum absolute atomic E-state index is 12.7. The summed E-state index contributed by atoms with van der Waals surface area (Å²) in [6.45, 7) is 6.43. The molecule has 0 spiro atoms. The van der Waals surface area contributed by atoms with Crippen molar-refractivity contribution in [2.75, 3.05) is 13.2 Å². The van der Waals surface area contributed by atoms with Gasteiger partial charge in [-0.25, -0.2) is 0 Å². The Balaban J connectivity index is 4.35. The summed E-state index contributed by atoms with van der Waals surface area (Å²) < 4.78 is 16.6. The van der Waals surface area contributed by atoms with E-state index in [1.165, 1.54) is 135 Å². The zero-order chi connectivity index (χ0) is 42.3. The molecule has 0 aromatic rings. The Morgan fingerprint density at radius 1 is 0.362 bits per heavy atom. The minimum Gasteiger partial charge on any atom is -0.462 e. The summed E-state index contributed by atoms with van der Waals surface area (Å²) >= 11 is 0. The van der Waals surface area contributed by atoms with Crippen molar-refractivity contribution in [1.29, 1.82) is 0 Å². The molecular formula is C52H92O6. The van der Waals surface area contributed by atoms with Crippen molar-refractivity contribution in [3.8, 4) is 0 Å². The lowest BCUT2D eigenvalue weighted by Crippen LogP contribution is -2.30. The predicted octanol–water partition coefficient (Wildman–Crippen LogP) is 15.9. The van der Waals surface area contributed by atoms with E-state index in [1.54, 1.807) is 0 Å². The summed E-state index contributed by atoms with van der Waals surface area (Å²) in [6.07, 6.45) is 55.6. The van der Waals surface area contributed by atoms with Crippen LogP contribution in [0.5, 0.6) is 0 Å². The van der Waals surface area contributed by atoms with Crippen LogP contribution in [0.2, 0.25) is 0 Å². The van der Waals surface area contributed by atoms with Crippen LogP contribution in [0.4, 0.5) is 0 Å². The molecule has 0 saturated carbocycles. The van der Waals surface area contributed by atoms with Crippen LogP contribution in [-0.4, -0.2) is 37.2 Å². The molecule has 0 fully saturated rings. The van der Waals surface area contributed by atoms with Crippen LogP contribution in [0, 0.1) is 0 Å². The van der Waals surface area contributed by atoms with Gasteiger partial charge < -0.3 is 14.2 Å². The van der Waals surface area contributed by atoms with E-state index in [0.29, 0.717) is 19.3 Å². The largest absolute Gasteiger partial charge is 0.462 e. The van der Waals surface area contributed by atoms with E-state index in [4.69, 9.17) is 14.2 Å². The number of carbonyl (C=O) groups excluding carboxylic acids is 3. The second kappa shape index (κ2) is 47.1. The van der Waals surface area contributed by atoms with Gasteiger partial charge in [0, 0.05) is 19.3 Å². The summed E-state index contributed by atoms with van der Waals surface area (Å²) in [5.41, 5.74) is 0. The van der Waals surface area contributed by atoms with Crippen LogP contribution in [0.1, 0.15) is 245 Å². The lowest BCUT2D eigenvalue weighted by molar-refractivity contribution is -0.166. The first-order chi connectivity index (χ1) is 28.5. The summed E-state index contributed by atoms with van der Waals surface area (Å²) in [5.74, 6) is -1.01. The molecule has 0 bridgehead atoms. The second-order valence-electron chi connectivity index (χ2n) is 16.3. The smallest absolute Gasteiger partial charge is 0.306 e. The Morgan fingerprint density at radius 3 is 1.14 bits per heavy atom. The summed E-state index contributed by atoms with van der Waals surface area (Å²) in [4.78, 5) is 37.7. The Bertz CT molecular complexity index is 1030. The molecule has 0 aliphatic heterocycles. The Labute approximate surface area is 358 Å². The maximum Gasteiger partial charge on any atom is 0.306 e. The van der Waals surface area contributed by atoms with Gasteiger partial charge in [-0.3, -0.25) is 14.4 Å². The molecule has 6 nitrogen and oxygen atoms in total. The van der Waals surface area contributed by atoms with E-state index >= 15 is 0 Å². The molecule has 336 valence electrons. The molecule has 58 heavy (non-hydrogen) atoms. The minimum absolute atomic E-state index is 0.104. The van der Waals surface area contributed by atoms with E-state index in [-0.39, 0.29) is 37.5 Å². The first-order valence-corrected chi connectivity index (χ1v) is 24.6. The SMILES string of the molecule is CC/C=C\C/C=C\CCCCC(=O)OCC(COC(=O)CCCCCCCCCCCCCCCCCCCC)OC(=O)CC/C=C\C/C=C\CCCCCCCC. The first-order valence-electron chi connectivity index (χ1n) is 24.6. The van der Waals surface area contributed by atoms with E-state index < -0.39 is 6.10 Å². The third-order valence-corrected chi connectivity index (χ3v) is 10.6. The van der Waals surface area contributed by atoms with Crippen molar-refractivity contribution < 1.29 is 28.6 Å². The highest BCUT2D eigenvalue weighted by Gasteiger charge is 2.19. The minimum atomic E-state index is -0.811.